The van der Waals surface area contributed by atoms with E-state index in [1.165, 1.54) is 12.1 Å². The lowest BCUT2D eigenvalue weighted by molar-refractivity contribution is -0.0410. The van der Waals surface area contributed by atoms with Crippen molar-refractivity contribution in [3.63, 3.8) is 0 Å². The fraction of sp³-hybridized carbons (Fsp3) is 0.500. The molecule has 19 heavy (non-hydrogen) atoms. The number of fused-ring (bicyclic) bond motifs is 2. The molecule has 2 aliphatic heterocycles. The van der Waals surface area contributed by atoms with Gasteiger partial charge < -0.3 is 10.5 Å². The highest BCUT2D eigenvalue weighted by Gasteiger charge is 2.33. The molecule has 3 rings (SSSR count). The molecule has 0 saturated carbocycles. The van der Waals surface area contributed by atoms with Crippen molar-refractivity contribution >= 4 is 5.84 Å². The molecule has 2 atom stereocenters. The Balaban J connectivity index is 1.74. The molecule has 2 heterocycles. The van der Waals surface area contributed by atoms with Gasteiger partial charge >= 0.3 is 0 Å². The van der Waals surface area contributed by atoms with Crippen molar-refractivity contribution < 1.29 is 9.13 Å². The first kappa shape index (κ1) is 12.6. The van der Waals surface area contributed by atoms with E-state index in [1.807, 2.05) is 0 Å². The van der Waals surface area contributed by atoms with Gasteiger partial charge in [0.05, 0.1) is 12.2 Å². The van der Waals surface area contributed by atoms with Gasteiger partial charge in [-0.2, -0.15) is 0 Å². The summed E-state index contributed by atoms with van der Waals surface area (Å²) in [4.78, 5) is 2.30. The number of rotatable bonds is 3. The number of nitrogens with one attached hydrogen (secondary N) is 1. The fourth-order valence-electron chi connectivity index (χ4n) is 2.98. The summed E-state index contributed by atoms with van der Waals surface area (Å²) < 4.78 is 19.3. The number of nitrogen functional groups attached to an aromatic ring is 1. The molecule has 0 radical (unpaired) electrons. The summed E-state index contributed by atoms with van der Waals surface area (Å²) in [5.41, 5.74) is 6.74. The monoisotopic (exact) mass is 263 g/mol. The quantitative estimate of drug-likeness (QED) is 0.641. The van der Waals surface area contributed by atoms with E-state index < -0.39 is 0 Å². The number of amidine groups is 1. The highest BCUT2D eigenvalue weighted by molar-refractivity contribution is 5.95. The second-order valence-corrected chi connectivity index (χ2v) is 5.41. The molecule has 4 nitrogen and oxygen atoms in total. The number of morpholine rings is 1. The number of benzene rings is 1. The summed E-state index contributed by atoms with van der Waals surface area (Å²) in [6.45, 7) is 2.50. The van der Waals surface area contributed by atoms with Gasteiger partial charge in [-0.3, -0.25) is 10.3 Å². The second kappa shape index (κ2) is 4.90. The first-order valence-corrected chi connectivity index (χ1v) is 6.62. The SMILES string of the molecule is N=C(N)c1cc(F)cc(CN2CC3CCC(C2)O3)c1. The van der Waals surface area contributed by atoms with E-state index in [-0.39, 0.29) is 11.7 Å². The number of halogens is 1. The van der Waals surface area contributed by atoms with Gasteiger partial charge in [-0.1, -0.05) is 0 Å². The third kappa shape index (κ3) is 2.77. The predicted octanol–water partition coefficient (Wildman–Crippen LogP) is 1.47. The van der Waals surface area contributed by atoms with Gasteiger partial charge in [0.2, 0.25) is 0 Å². The van der Waals surface area contributed by atoms with Gasteiger partial charge in [0.25, 0.3) is 0 Å². The number of hydrogen-bond donors (Lipinski definition) is 2. The fourth-order valence-corrected chi connectivity index (χ4v) is 2.98. The Morgan fingerprint density at radius 3 is 2.63 bits per heavy atom. The van der Waals surface area contributed by atoms with Crippen molar-refractivity contribution in [1.29, 1.82) is 5.41 Å². The van der Waals surface area contributed by atoms with Crippen LogP contribution < -0.4 is 5.73 Å². The van der Waals surface area contributed by atoms with Crippen LogP contribution in [0, 0.1) is 11.2 Å². The van der Waals surface area contributed by atoms with E-state index in [9.17, 15) is 4.39 Å². The Bertz CT molecular complexity index is 493. The van der Waals surface area contributed by atoms with Crippen LogP contribution in [0.1, 0.15) is 24.0 Å². The maximum atomic E-state index is 13.5. The zero-order valence-electron chi connectivity index (χ0n) is 10.7. The third-order valence-corrected chi connectivity index (χ3v) is 3.79. The minimum Gasteiger partial charge on any atom is -0.384 e. The number of ether oxygens (including phenoxy) is 1. The van der Waals surface area contributed by atoms with Crippen LogP contribution in [0.4, 0.5) is 4.39 Å². The van der Waals surface area contributed by atoms with Gasteiger partial charge in [0, 0.05) is 25.2 Å². The Labute approximate surface area is 111 Å². The zero-order chi connectivity index (χ0) is 13.4. The average Bonchev–Trinajstić information content (AvgIpc) is 2.68. The second-order valence-electron chi connectivity index (χ2n) is 5.41. The van der Waals surface area contributed by atoms with Crippen LogP contribution in [-0.2, 0) is 11.3 Å². The van der Waals surface area contributed by atoms with Crippen LogP contribution in [0.25, 0.3) is 0 Å². The topological polar surface area (TPSA) is 62.3 Å². The molecule has 2 unspecified atom stereocenters. The molecule has 5 heteroatoms. The molecule has 0 aliphatic carbocycles. The van der Waals surface area contributed by atoms with E-state index in [0.717, 1.165) is 31.5 Å². The van der Waals surface area contributed by atoms with Crippen molar-refractivity contribution in [2.45, 2.75) is 31.6 Å². The van der Waals surface area contributed by atoms with Gasteiger partial charge in [-0.25, -0.2) is 4.39 Å². The molecule has 1 aromatic carbocycles. The Kier molecular flexibility index (Phi) is 3.24. The van der Waals surface area contributed by atoms with Crippen molar-refractivity contribution in [3.05, 3.63) is 35.1 Å². The van der Waals surface area contributed by atoms with Crippen LogP contribution in [-0.4, -0.2) is 36.0 Å². The number of nitrogens with zero attached hydrogens (tertiary/aromatic N) is 1. The molecule has 2 fully saturated rings. The van der Waals surface area contributed by atoms with E-state index in [2.05, 4.69) is 4.90 Å². The van der Waals surface area contributed by atoms with Crippen molar-refractivity contribution in [2.75, 3.05) is 13.1 Å². The molecule has 2 saturated heterocycles. The summed E-state index contributed by atoms with van der Waals surface area (Å²) >= 11 is 0. The molecule has 2 bridgehead atoms. The summed E-state index contributed by atoms with van der Waals surface area (Å²) in [5, 5.41) is 7.40. The molecular weight excluding hydrogens is 245 g/mol. The molecule has 0 aromatic heterocycles. The van der Waals surface area contributed by atoms with Crippen molar-refractivity contribution in [3.8, 4) is 0 Å². The third-order valence-electron chi connectivity index (χ3n) is 3.79. The number of nitrogens with two attached hydrogens (primary N) is 1. The maximum absolute atomic E-state index is 13.5. The Hall–Kier alpha value is -1.46. The van der Waals surface area contributed by atoms with Crippen LogP contribution in [0.5, 0.6) is 0 Å². The molecule has 0 spiro atoms. The largest absolute Gasteiger partial charge is 0.384 e. The van der Waals surface area contributed by atoms with Crippen LogP contribution in [0.2, 0.25) is 0 Å². The minimum atomic E-state index is -0.334. The minimum absolute atomic E-state index is 0.0946. The van der Waals surface area contributed by atoms with Gasteiger partial charge in [0.15, 0.2) is 0 Å². The van der Waals surface area contributed by atoms with Crippen molar-refractivity contribution in [1.82, 2.24) is 4.90 Å². The smallest absolute Gasteiger partial charge is 0.124 e. The average molecular weight is 263 g/mol. The van der Waals surface area contributed by atoms with Crippen LogP contribution in [0.3, 0.4) is 0 Å². The molecular formula is C14H18FN3O. The molecule has 102 valence electrons. The summed E-state index contributed by atoms with van der Waals surface area (Å²) in [7, 11) is 0. The Morgan fingerprint density at radius 1 is 1.32 bits per heavy atom. The summed E-state index contributed by atoms with van der Waals surface area (Å²) in [6, 6.07) is 4.61. The van der Waals surface area contributed by atoms with Gasteiger partial charge in [-0.05, 0) is 36.6 Å². The normalized spacial score (nSPS) is 26.6. The molecule has 2 aliphatic rings. The summed E-state index contributed by atoms with van der Waals surface area (Å²) in [5.74, 6) is -0.429. The lowest BCUT2D eigenvalue weighted by Gasteiger charge is -2.32. The highest BCUT2D eigenvalue weighted by atomic mass is 19.1. The van der Waals surface area contributed by atoms with E-state index >= 15 is 0 Å². The maximum Gasteiger partial charge on any atom is 0.124 e. The standard InChI is InChI=1S/C14H18FN3O/c15-11-4-9(3-10(5-11)14(16)17)6-18-7-12-1-2-13(8-18)19-12/h3-5,12-13H,1-2,6-8H2,(H3,16,17). The zero-order valence-corrected chi connectivity index (χ0v) is 10.7. The van der Waals surface area contributed by atoms with E-state index in [1.54, 1.807) is 6.07 Å². The molecule has 0 amide bonds. The number of hydrogen-bond acceptors (Lipinski definition) is 3. The highest BCUT2D eigenvalue weighted by Crippen LogP contribution is 2.27. The van der Waals surface area contributed by atoms with E-state index in [4.69, 9.17) is 15.9 Å². The lowest BCUT2D eigenvalue weighted by atomic mass is 10.1. The Morgan fingerprint density at radius 2 is 2.00 bits per heavy atom. The lowest BCUT2D eigenvalue weighted by Crippen LogP contribution is -2.42. The van der Waals surface area contributed by atoms with E-state index in [0.29, 0.717) is 24.3 Å². The first-order chi connectivity index (χ1) is 9.10. The first-order valence-electron chi connectivity index (χ1n) is 6.62. The predicted molar refractivity (Wildman–Crippen MR) is 70.6 cm³/mol. The van der Waals surface area contributed by atoms with Crippen LogP contribution >= 0.6 is 0 Å². The van der Waals surface area contributed by atoms with Gasteiger partial charge in [0.1, 0.15) is 11.7 Å². The van der Waals surface area contributed by atoms with Crippen molar-refractivity contribution in [2.24, 2.45) is 5.73 Å². The van der Waals surface area contributed by atoms with Gasteiger partial charge in [-0.15, -0.1) is 0 Å². The van der Waals surface area contributed by atoms with Crippen LogP contribution in [0.15, 0.2) is 18.2 Å². The molecule has 3 N–H and O–H groups in total. The summed E-state index contributed by atoms with van der Waals surface area (Å²) in [6.07, 6.45) is 2.92. The number of likely N-dealkylation sites (tertiary alicyclic amines) is 1. The molecule has 1 aromatic rings.